The third-order valence-corrected chi connectivity index (χ3v) is 2.54. The molecular weight excluding hydrogens is 240 g/mol. The van der Waals surface area contributed by atoms with E-state index >= 15 is 0 Å². The van der Waals surface area contributed by atoms with Crippen LogP contribution in [0.3, 0.4) is 0 Å². The second-order valence-electron chi connectivity index (χ2n) is 3.27. The van der Waals surface area contributed by atoms with Gasteiger partial charge in [-0.05, 0) is 6.07 Å². The molecule has 1 aromatic heterocycles. The molecule has 0 aliphatic heterocycles. The van der Waals surface area contributed by atoms with Crippen molar-refractivity contribution in [1.29, 1.82) is 5.26 Å². The third-order valence-electron chi connectivity index (χ3n) is 2.22. The maximum absolute atomic E-state index is 11.3. The summed E-state index contributed by atoms with van der Waals surface area (Å²) in [5, 5.41) is 9.43. The second-order valence-corrected chi connectivity index (χ2v) is 3.68. The van der Waals surface area contributed by atoms with Gasteiger partial charge in [0.15, 0.2) is 0 Å². The highest BCUT2D eigenvalue weighted by atomic mass is 35.5. The molecule has 17 heavy (non-hydrogen) atoms. The molecule has 2 rings (SSSR count). The molecule has 0 bridgehead atoms. The number of nitrogens with zero attached hydrogens (tertiary/aromatic N) is 2. The van der Waals surface area contributed by atoms with Crippen molar-refractivity contribution in [3.05, 3.63) is 45.3 Å². The van der Waals surface area contributed by atoms with Crippen molar-refractivity contribution < 1.29 is 0 Å². The number of aromatic amines is 1. The fourth-order valence-corrected chi connectivity index (χ4v) is 1.70. The molecule has 1 heterocycles. The summed E-state index contributed by atoms with van der Waals surface area (Å²) in [4.78, 5) is 17.2. The lowest BCUT2D eigenvalue weighted by molar-refractivity contribution is 1.08. The predicted octanol–water partition coefficient (Wildman–Crippen LogP) is 1.54. The predicted molar refractivity (Wildman–Crippen MR) is 64.4 cm³/mol. The first-order valence-corrected chi connectivity index (χ1v) is 5.06. The molecule has 0 saturated heterocycles. The summed E-state index contributed by atoms with van der Waals surface area (Å²) in [5.41, 5.74) is 5.84. The molecule has 2 aromatic rings. The molecule has 6 heteroatoms. The fraction of sp³-hybridized carbons (Fsp3) is 0. The Labute approximate surface area is 101 Å². The summed E-state index contributed by atoms with van der Waals surface area (Å²) < 4.78 is 0. The van der Waals surface area contributed by atoms with E-state index in [0.717, 1.165) is 0 Å². The molecule has 84 valence electrons. The van der Waals surface area contributed by atoms with Crippen molar-refractivity contribution in [2.45, 2.75) is 0 Å². The number of nitriles is 1. The molecule has 0 radical (unpaired) electrons. The number of nitrogens with two attached hydrogens (primary N) is 1. The highest BCUT2D eigenvalue weighted by Crippen LogP contribution is 2.28. The van der Waals surface area contributed by atoms with Crippen molar-refractivity contribution in [1.82, 2.24) is 9.97 Å². The lowest BCUT2D eigenvalue weighted by atomic mass is 10.1. The average Bonchev–Trinajstić information content (AvgIpc) is 2.28. The van der Waals surface area contributed by atoms with Crippen molar-refractivity contribution in [2.75, 3.05) is 5.73 Å². The van der Waals surface area contributed by atoms with E-state index in [1.54, 1.807) is 24.3 Å². The molecule has 0 spiro atoms. The van der Waals surface area contributed by atoms with Gasteiger partial charge in [-0.15, -0.1) is 0 Å². The Morgan fingerprint density at radius 2 is 2.12 bits per heavy atom. The van der Waals surface area contributed by atoms with Crippen molar-refractivity contribution in [3.8, 4) is 17.3 Å². The number of halogens is 1. The first-order valence-electron chi connectivity index (χ1n) is 4.68. The number of hydrogen-bond acceptors (Lipinski definition) is 4. The van der Waals surface area contributed by atoms with Crippen LogP contribution in [0.25, 0.3) is 11.3 Å². The maximum Gasteiger partial charge on any atom is 0.347 e. The molecular formula is C11H7ClN4O. The number of nitrogen functional groups attached to an aromatic ring is 1. The largest absolute Gasteiger partial charge is 0.382 e. The van der Waals surface area contributed by atoms with Crippen LogP contribution in [0.15, 0.2) is 29.1 Å². The Morgan fingerprint density at radius 1 is 1.41 bits per heavy atom. The first kappa shape index (κ1) is 11.2. The molecule has 0 aliphatic carbocycles. The summed E-state index contributed by atoms with van der Waals surface area (Å²) in [5.74, 6) is -0.105. The van der Waals surface area contributed by atoms with Gasteiger partial charge >= 0.3 is 5.69 Å². The standard InChI is InChI=1S/C11H7ClN4O/c12-8-4-2-1-3-6(8)9-7(5-13)10(14)16-11(17)15-9/h1-4H,(H3,14,15,16,17). The SMILES string of the molecule is N#Cc1c(N)nc(=O)[nH]c1-c1ccccc1Cl. The van der Waals surface area contributed by atoms with Crippen molar-refractivity contribution in [2.24, 2.45) is 0 Å². The summed E-state index contributed by atoms with van der Waals surface area (Å²) in [6, 6.07) is 8.75. The van der Waals surface area contributed by atoms with Crippen LogP contribution in [-0.4, -0.2) is 9.97 Å². The lowest BCUT2D eigenvalue weighted by Gasteiger charge is -2.06. The molecule has 1 aromatic carbocycles. The molecule has 0 atom stereocenters. The van der Waals surface area contributed by atoms with Crippen LogP contribution in [0.2, 0.25) is 5.02 Å². The Balaban J connectivity index is 2.81. The van der Waals surface area contributed by atoms with Crippen LogP contribution < -0.4 is 11.4 Å². The summed E-state index contributed by atoms with van der Waals surface area (Å²) in [6.07, 6.45) is 0. The number of anilines is 1. The first-order chi connectivity index (χ1) is 8.13. The lowest BCUT2D eigenvalue weighted by Crippen LogP contribution is -2.15. The molecule has 0 amide bonds. The molecule has 5 nitrogen and oxygen atoms in total. The summed E-state index contributed by atoms with van der Waals surface area (Å²) in [6.45, 7) is 0. The van der Waals surface area contributed by atoms with Gasteiger partial charge in [0, 0.05) is 10.6 Å². The van der Waals surface area contributed by atoms with Gasteiger partial charge in [-0.2, -0.15) is 10.2 Å². The normalized spacial score (nSPS) is 9.88. The maximum atomic E-state index is 11.3. The number of nitrogens with one attached hydrogen (secondary N) is 1. The third kappa shape index (κ3) is 1.98. The van der Waals surface area contributed by atoms with Crippen LogP contribution in [0.5, 0.6) is 0 Å². The molecule has 0 saturated carbocycles. The van der Waals surface area contributed by atoms with Crippen molar-refractivity contribution >= 4 is 17.4 Å². The molecule has 0 fully saturated rings. The van der Waals surface area contributed by atoms with E-state index in [0.29, 0.717) is 10.6 Å². The number of rotatable bonds is 1. The van der Waals surface area contributed by atoms with E-state index in [2.05, 4.69) is 9.97 Å². The topological polar surface area (TPSA) is 95.6 Å². The van der Waals surface area contributed by atoms with Crippen LogP contribution >= 0.6 is 11.6 Å². The van der Waals surface area contributed by atoms with E-state index in [9.17, 15) is 4.79 Å². The zero-order valence-electron chi connectivity index (χ0n) is 8.57. The number of aromatic nitrogens is 2. The van der Waals surface area contributed by atoms with Gasteiger partial charge in [0.05, 0.1) is 5.69 Å². The van der Waals surface area contributed by atoms with Crippen LogP contribution in [0, 0.1) is 11.3 Å². The minimum atomic E-state index is -0.614. The Morgan fingerprint density at radius 3 is 2.76 bits per heavy atom. The summed E-state index contributed by atoms with van der Waals surface area (Å²) in [7, 11) is 0. The van der Waals surface area contributed by atoms with E-state index < -0.39 is 5.69 Å². The van der Waals surface area contributed by atoms with Gasteiger partial charge in [-0.25, -0.2) is 4.79 Å². The van der Waals surface area contributed by atoms with E-state index in [4.69, 9.17) is 22.6 Å². The van der Waals surface area contributed by atoms with Gasteiger partial charge < -0.3 is 10.7 Å². The quantitative estimate of drug-likeness (QED) is 0.798. The zero-order valence-corrected chi connectivity index (χ0v) is 9.32. The molecule has 0 aliphatic rings. The highest BCUT2D eigenvalue weighted by Gasteiger charge is 2.13. The zero-order chi connectivity index (χ0) is 12.4. The van der Waals surface area contributed by atoms with E-state index in [1.807, 2.05) is 6.07 Å². The van der Waals surface area contributed by atoms with Gasteiger partial charge in [0.25, 0.3) is 0 Å². The monoisotopic (exact) mass is 246 g/mol. The Hall–Kier alpha value is -2.32. The van der Waals surface area contributed by atoms with Crippen molar-refractivity contribution in [3.63, 3.8) is 0 Å². The molecule has 3 N–H and O–H groups in total. The molecule has 0 unspecified atom stereocenters. The number of hydrogen-bond donors (Lipinski definition) is 2. The van der Waals surface area contributed by atoms with Crippen LogP contribution in [0.1, 0.15) is 5.56 Å². The van der Waals surface area contributed by atoms with Crippen LogP contribution in [0.4, 0.5) is 5.82 Å². The van der Waals surface area contributed by atoms with Gasteiger partial charge in [-0.1, -0.05) is 29.8 Å². The fourth-order valence-electron chi connectivity index (χ4n) is 1.47. The minimum absolute atomic E-state index is 0.105. The van der Waals surface area contributed by atoms with Gasteiger partial charge in [0.2, 0.25) is 0 Å². The summed E-state index contributed by atoms with van der Waals surface area (Å²) >= 11 is 6.00. The Kier molecular flexibility index (Phi) is 2.81. The second kappa shape index (κ2) is 4.28. The number of H-pyrrole nitrogens is 1. The van der Waals surface area contributed by atoms with E-state index in [-0.39, 0.29) is 17.1 Å². The average molecular weight is 247 g/mol. The van der Waals surface area contributed by atoms with Gasteiger partial charge in [-0.3, -0.25) is 0 Å². The minimum Gasteiger partial charge on any atom is -0.382 e. The van der Waals surface area contributed by atoms with Gasteiger partial charge in [0.1, 0.15) is 17.5 Å². The van der Waals surface area contributed by atoms with E-state index in [1.165, 1.54) is 0 Å². The number of benzene rings is 1. The Bertz CT molecular complexity index is 672. The highest BCUT2D eigenvalue weighted by molar-refractivity contribution is 6.33. The van der Waals surface area contributed by atoms with Crippen LogP contribution in [-0.2, 0) is 0 Å². The smallest absolute Gasteiger partial charge is 0.347 e.